The van der Waals surface area contributed by atoms with Crippen molar-refractivity contribution in [1.82, 2.24) is 9.78 Å². The highest BCUT2D eigenvalue weighted by Gasteiger charge is 2.23. The van der Waals surface area contributed by atoms with Crippen molar-refractivity contribution in [2.75, 3.05) is 0 Å². The average molecular weight is 307 g/mol. The zero-order valence-corrected chi connectivity index (χ0v) is 13.2. The van der Waals surface area contributed by atoms with Crippen LogP contribution in [0, 0.1) is 6.92 Å². The lowest BCUT2D eigenvalue weighted by Gasteiger charge is -2.12. The first-order valence-corrected chi connectivity index (χ1v) is 7.48. The lowest BCUT2D eigenvalue weighted by Crippen LogP contribution is -2.04. The number of carboxylic acid groups (broad SMARTS) is 1. The largest absolute Gasteiger partial charge is 0.478 e. The molecule has 0 aliphatic rings. The number of halogens is 1. The van der Waals surface area contributed by atoms with Gasteiger partial charge in [0.2, 0.25) is 0 Å². The number of hydrogen-bond donors (Lipinski definition) is 1. The van der Waals surface area contributed by atoms with E-state index in [4.69, 9.17) is 11.6 Å². The van der Waals surface area contributed by atoms with Crippen molar-refractivity contribution >= 4 is 17.6 Å². The van der Waals surface area contributed by atoms with E-state index in [9.17, 15) is 9.90 Å². The number of aryl methyl sites for hydroxylation is 3. The van der Waals surface area contributed by atoms with Gasteiger partial charge in [0.05, 0.1) is 11.4 Å². The highest BCUT2D eigenvalue weighted by atomic mass is 35.5. The maximum atomic E-state index is 11.5. The van der Waals surface area contributed by atoms with Crippen molar-refractivity contribution in [3.05, 3.63) is 45.7 Å². The summed E-state index contributed by atoms with van der Waals surface area (Å²) in [6.07, 6.45) is 2.25. The summed E-state index contributed by atoms with van der Waals surface area (Å²) < 4.78 is 1.57. The molecule has 0 unspecified atom stereocenters. The topological polar surface area (TPSA) is 55.1 Å². The van der Waals surface area contributed by atoms with Crippen molar-refractivity contribution in [2.45, 2.75) is 40.0 Å². The SMILES string of the molecule is CCCc1nn(-c2c(C)cccc2CC)c(Cl)c1C(=O)O. The molecule has 1 N–H and O–H groups in total. The second-order valence-electron chi connectivity index (χ2n) is 5.02. The summed E-state index contributed by atoms with van der Waals surface area (Å²) in [4.78, 5) is 11.5. The molecule has 0 amide bonds. The fraction of sp³-hybridized carbons (Fsp3) is 0.375. The first-order valence-electron chi connectivity index (χ1n) is 7.10. The smallest absolute Gasteiger partial charge is 0.340 e. The second kappa shape index (κ2) is 6.31. The first-order chi connectivity index (χ1) is 10.0. The number of rotatable bonds is 5. The molecule has 1 heterocycles. The monoisotopic (exact) mass is 306 g/mol. The van der Waals surface area contributed by atoms with Crippen molar-refractivity contribution in [1.29, 1.82) is 0 Å². The Bertz CT molecular complexity index is 677. The van der Waals surface area contributed by atoms with E-state index in [1.807, 2.05) is 32.0 Å². The van der Waals surface area contributed by atoms with Crippen LogP contribution in [-0.2, 0) is 12.8 Å². The number of para-hydroxylation sites is 1. The third-order valence-electron chi connectivity index (χ3n) is 3.52. The molecular weight excluding hydrogens is 288 g/mol. The Morgan fingerprint density at radius 1 is 1.38 bits per heavy atom. The van der Waals surface area contributed by atoms with Crippen molar-refractivity contribution in [3.8, 4) is 5.69 Å². The summed E-state index contributed by atoms with van der Waals surface area (Å²) in [6, 6.07) is 5.98. The third-order valence-corrected chi connectivity index (χ3v) is 3.87. The Morgan fingerprint density at radius 3 is 2.67 bits per heavy atom. The molecule has 2 aromatic rings. The minimum absolute atomic E-state index is 0.115. The number of aromatic nitrogens is 2. The molecule has 0 atom stereocenters. The number of carboxylic acids is 1. The zero-order chi connectivity index (χ0) is 15.6. The highest BCUT2D eigenvalue weighted by Crippen LogP contribution is 2.28. The molecule has 0 saturated heterocycles. The van der Waals surface area contributed by atoms with Gasteiger partial charge in [-0.3, -0.25) is 0 Å². The summed E-state index contributed by atoms with van der Waals surface area (Å²) in [5.74, 6) is -1.03. The molecule has 1 aromatic heterocycles. The Hall–Kier alpha value is -1.81. The van der Waals surface area contributed by atoms with Crippen LogP contribution in [-0.4, -0.2) is 20.9 Å². The molecule has 0 radical (unpaired) electrons. The van der Waals surface area contributed by atoms with Crippen LogP contribution in [0.4, 0.5) is 0 Å². The Morgan fingerprint density at radius 2 is 2.10 bits per heavy atom. The second-order valence-corrected chi connectivity index (χ2v) is 5.37. The molecule has 5 heteroatoms. The van der Waals surface area contributed by atoms with E-state index in [2.05, 4.69) is 12.0 Å². The predicted molar refractivity (Wildman–Crippen MR) is 83.6 cm³/mol. The zero-order valence-electron chi connectivity index (χ0n) is 12.5. The Balaban J connectivity index is 2.71. The summed E-state index contributed by atoms with van der Waals surface area (Å²) in [5.41, 5.74) is 3.66. The number of nitrogens with zero attached hydrogens (tertiary/aromatic N) is 2. The number of aromatic carboxylic acids is 1. The lowest BCUT2D eigenvalue weighted by atomic mass is 10.1. The van der Waals surface area contributed by atoms with E-state index in [0.717, 1.165) is 29.7 Å². The third kappa shape index (κ3) is 2.81. The molecule has 0 spiro atoms. The van der Waals surface area contributed by atoms with Crippen LogP contribution < -0.4 is 0 Å². The van der Waals surface area contributed by atoms with Crippen LogP contribution in [0.1, 0.15) is 47.4 Å². The van der Waals surface area contributed by atoms with Gasteiger partial charge in [-0.25, -0.2) is 9.48 Å². The van der Waals surface area contributed by atoms with Crippen LogP contribution in [0.5, 0.6) is 0 Å². The maximum absolute atomic E-state index is 11.5. The molecule has 0 bridgehead atoms. The molecule has 0 fully saturated rings. The first kappa shape index (κ1) is 15.6. The Labute approximate surface area is 129 Å². The molecule has 0 saturated carbocycles. The number of hydrogen-bond acceptors (Lipinski definition) is 2. The van der Waals surface area contributed by atoms with Crippen molar-refractivity contribution < 1.29 is 9.90 Å². The quantitative estimate of drug-likeness (QED) is 0.906. The molecule has 0 aliphatic carbocycles. The van der Waals surface area contributed by atoms with Gasteiger partial charge < -0.3 is 5.11 Å². The predicted octanol–water partition coefficient (Wildman–Crippen LogP) is 4.05. The highest BCUT2D eigenvalue weighted by molar-refractivity contribution is 6.33. The summed E-state index contributed by atoms with van der Waals surface area (Å²) in [6.45, 7) is 6.02. The van der Waals surface area contributed by atoms with Gasteiger partial charge in [0.15, 0.2) is 0 Å². The van der Waals surface area contributed by atoms with Crippen molar-refractivity contribution in [3.63, 3.8) is 0 Å². The van der Waals surface area contributed by atoms with Crippen molar-refractivity contribution in [2.24, 2.45) is 0 Å². The van der Waals surface area contributed by atoms with E-state index in [0.29, 0.717) is 12.1 Å². The molecule has 0 aliphatic heterocycles. The minimum atomic E-state index is -1.03. The fourth-order valence-corrected chi connectivity index (χ4v) is 2.83. The molecule has 1 aromatic carbocycles. The lowest BCUT2D eigenvalue weighted by molar-refractivity contribution is 0.0696. The van der Waals surface area contributed by atoms with Crippen LogP contribution >= 0.6 is 11.6 Å². The van der Waals surface area contributed by atoms with Gasteiger partial charge in [-0.2, -0.15) is 5.10 Å². The summed E-state index contributed by atoms with van der Waals surface area (Å²) in [7, 11) is 0. The molecule has 21 heavy (non-hydrogen) atoms. The van der Waals surface area contributed by atoms with Gasteiger partial charge in [0, 0.05) is 0 Å². The fourth-order valence-electron chi connectivity index (χ4n) is 2.52. The maximum Gasteiger partial charge on any atom is 0.340 e. The molecule has 2 rings (SSSR count). The minimum Gasteiger partial charge on any atom is -0.478 e. The van der Waals surface area contributed by atoms with E-state index in [1.165, 1.54) is 0 Å². The molecular formula is C16H19ClN2O2. The van der Waals surface area contributed by atoms with Gasteiger partial charge in [0.25, 0.3) is 0 Å². The van der Waals surface area contributed by atoms with Gasteiger partial charge in [-0.15, -0.1) is 0 Å². The average Bonchev–Trinajstić information content (AvgIpc) is 2.75. The number of carbonyl (C=O) groups is 1. The Kier molecular flexibility index (Phi) is 4.68. The van der Waals surface area contributed by atoms with E-state index < -0.39 is 5.97 Å². The van der Waals surface area contributed by atoms with Crippen LogP contribution in [0.3, 0.4) is 0 Å². The van der Waals surface area contributed by atoms with Gasteiger partial charge in [-0.1, -0.05) is 50.1 Å². The van der Waals surface area contributed by atoms with Gasteiger partial charge in [-0.05, 0) is 30.9 Å². The van der Waals surface area contributed by atoms with Crippen LogP contribution in [0.25, 0.3) is 5.69 Å². The normalized spacial score (nSPS) is 10.9. The molecule has 112 valence electrons. The molecule has 4 nitrogen and oxygen atoms in total. The van der Waals surface area contributed by atoms with E-state index in [1.54, 1.807) is 4.68 Å². The van der Waals surface area contributed by atoms with E-state index in [-0.39, 0.29) is 10.7 Å². The van der Waals surface area contributed by atoms with Crippen LogP contribution in [0.15, 0.2) is 18.2 Å². The number of benzene rings is 1. The van der Waals surface area contributed by atoms with Crippen LogP contribution in [0.2, 0.25) is 5.15 Å². The van der Waals surface area contributed by atoms with Gasteiger partial charge >= 0.3 is 5.97 Å². The standard InChI is InChI=1S/C16H19ClN2O2/c1-4-7-12-13(16(20)21)15(17)19(18-12)14-10(3)8-6-9-11(14)5-2/h6,8-9H,4-5,7H2,1-3H3,(H,20,21). The van der Waals surface area contributed by atoms with E-state index >= 15 is 0 Å². The summed E-state index contributed by atoms with van der Waals surface area (Å²) >= 11 is 6.32. The summed E-state index contributed by atoms with van der Waals surface area (Å²) in [5, 5.41) is 14.0. The van der Waals surface area contributed by atoms with Gasteiger partial charge in [0.1, 0.15) is 10.7 Å².